The highest BCUT2D eigenvalue weighted by Gasteiger charge is 2.15. The minimum atomic E-state index is -0.816. The first-order valence-corrected chi connectivity index (χ1v) is 8.41. The van der Waals surface area contributed by atoms with Crippen LogP contribution in [0, 0.1) is 27.2 Å². The second-order valence-electron chi connectivity index (χ2n) is 6.09. The lowest BCUT2D eigenvalue weighted by molar-refractivity contribution is -0.384. The third-order valence-corrected chi connectivity index (χ3v) is 3.94. The molecule has 0 unspecified atom stereocenters. The largest absolute Gasteiger partial charge is 0.457 e. The number of nitrogens with one attached hydrogen (secondary N) is 2. The number of ether oxygens (including phenoxy) is 1. The van der Waals surface area contributed by atoms with Crippen LogP contribution in [0.1, 0.15) is 15.9 Å². The number of benzene rings is 3. The van der Waals surface area contributed by atoms with E-state index in [4.69, 9.17) is 15.9 Å². The molecule has 30 heavy (non-hydrogen) atoms. The normalized spacial score (nSPS) is 10.3. The molecule has 3 rings (SSSR count). The Bertz CT molecular complexity index is 1130. The number of amides is 1. The van der Waals surface area contributed by atoms with Gasteiger partial charge in [0, 0.05) is 47.1 Å². The zero-order valence-electron chi connectivity index (χ0n) is 15.2. The van der Waals surface area contributed by atoms with Crippen molar-refractivity contribution < 1.29 is 23.2 Å². The van der Waals surface area contributed by atoms with Crippen LogP contribution in [-0.2, 0) is 0 Å². The van der Waals surface area contributed by atoms with Crippen LogP contribution in [0.25, 0.3) is 0 Å². The Morgan fingerprint density at radius 3 is 2.23 bits per heavy atom. The van der Waals surface area contributed by atoms with E-state index in [0.717, 1.165) is 12.1 Å². The van der Waals surface area contributed by atoms with Gasteiger partial charge in [-0.1, -0.05) is 0 Å². The summed E-state index contributed by atoms with van der Waals surface area (Å²) in [4.78, 5) is 22.4. The van der Waals surface area contributed by atoms with E-state index in [9.17, 15) is 23.7 Å². The van der Waals surface area contributed by atoms with Crippen LogP contribution in [-0.4, -0.2) is 16.7 Å². The fourth-order valence-electron chi connectivity index (χ4n) is 2.53. The van der Waals surface area contributed by atoms with Gasteiger partial charge in [0.15, 0.2) is 0 Å². The molecular weight excluding hydrogens is 398 g/mol. The van der Waals surface area contributed by atoms with Crippen LogP contribution in [0.5, 0.6) is 11.5 Å². The van der Waals surface area contributed by atoms with E-state index in [2.05, 4.69) is 5.32 Å². The van der Waals surface area contributed by atoms with Crippen molar-refractivity contribution in [3.63, 3.8) is 0 Å². The first kappa shape index (κ1) is 20.4. The second kappa shape index (κ2) is 8.35. The Labute approximate surface area is 168 Å². The van der Waals surface area contributed by atoms with Crippen molar-refractivity contribution in [2.75, 3.05) is 5.73 Å². The highest BCUT2D eigenvalue weighted by molar-refractivity contribution is 6.13. The van der Waals surface area contributed by atoms with Gasteiger partial charge in [0.25, 0.3) is 11.6 Å². The van der Waals surface area contributed by atoms with Crippen LogP contribution in [0.15, 0.2) is 60.7 Å². The number of carbonyl (C=O) groups excluding carboxylic acids is 1. The molecule has 4 N–H and O–H groups in total. The maximum absolute atomic E-state index is 13.3. The number of anilines is 1. The molecule has 0 fully saturated rings. The van der Waals surface area contributed by atoms with Crippen molar-refractivity contribution in [3.05, 3.63) is 93.5 Å². The summed E-state index contributed by atoms with van der Waals surface area (Å²) in [5.41, 5.74) is 6.05. The minimum absolute atomic E-state index is 0.0929. The molecule has 0 aliphatic heterocycles. The first-order valence-electron chi connectivity index (χ1n) is 8.41. The Kier molecular flexibility index (Phi) is 5.68. The van der Waals surface area contributed by atoms with Gasteiger partial charge >= 0.3 is 0 Å². The van der Waals surface area contributed by atoms with E-state index in [1.54, 1.807) is 0 Å². The van der Waals surface area contributed by atoms with E-state index < -0.39 is 22.5 Å². The van der Waals surface area contributed by atoms with Gasteiger partial charge in [-0.15, -0.1) is 0 Å². The second-order valence-corrected chi connectivity index (χ2v) is 6.09. The summed E-state index contributed by atoms with van der Waals surface area (Å²) >= 11 is 0. The summed E-state index contributed by atoms with van der Waals surface area (Å²) in [5.74, 6) is -2.62. The zero-order valence-corrected chi connectivity index (χ0v) is 15.2. The van der Waals surface area contributed by atoms with Gasteiger partial charge < -0.3 is 15.8 Å². The van der Waals surface area contributed by atoms with Gasteiger partial charge in [0.1, 0.15) is 29.0 Å². The molecule has 0 atom stereocenters. The maximum atomic E-state index is 13.3. The van der Waals surface area contributed by atoms with Gasteiger partial charge in [0.2, 0.25) is 0 Å². The molecule has 8 nitrogen and oxygen atoms in total. The van der Waals surface area contributed by atoms with Crippen LogP contribution in [0.4, 0.5) is 20.2 Å². The van der Waals surface area contributed by atoms with Crippen molar-refractivity contribution in [2.45, 2.75) is 0 Å². The molecule has 1 amide bonds. The fourth-order valence-corrected chi connectivity index (χ4v) is 2.53. The molecular formula is C20H14F2N4O4. The number of hydrogen-bond acceptors (Lipinski definition) is 6. The molecule has 0 saturated heterocycles. The molecule has 10 heteroatoms. The number of nitrogens with zero attached hydrogens (tertiary/aromatic N) is 1. The highest BCUT2D eigenvalue weighted by Crippen LogP contribution is 2.26. The number of non-ortho nitro benzene ring substituents is 1. The molecule has 0 bridgehead atoms. The first-order chi connectivity index (χ1) is 14.2. The molecule has 0 aliphatic carbocycles. The minimum Gasteiger partial charge on any atom is -0.457 e. The van der Waals surface area contributed by atoms with Gasteiger partial charge in [-0.3, -0.25) is 20.3 Å². The summed E-state index contributed by atoms with van der Waals surface area (Å²) in [7, 11) is 0. The van der Waals surface area contributed by atoms with E-state index in [0.29, 0.717) is 6.07 Å². The van der Waals surface area contributed by atoms with Gasteiger partial charge in [0.05, 0.1) is 4.92 Å². The summed E-state index contributed by atoms with van der Waals surface area (Å²) < 4.78 is 32.0. The number of halogens is 2. The zero-order chi connectivity index (χ0) is 21.8. The Morgan fingerprint density at radius 2 is 1.63 bits per heavy atom. The molecule has 0 spiro atoms. The van der Waals surface area contributed by atoms with Crippen LogP contribution in [0.3, 0.4) is 0 Å². The van der Waals surface area contributed by atoms with Crippen molar-refractivity contribution >= 4 is 23.1 Å². The van der Waals surface area contributed by atoms with Crippen molar-refractivity contribution in [1.82, 2.24) is 5.32 Å². The molecule has 152 valence electrons. The Morgan fingerprint density at radius 1 is 1.00 bits per heavy atom. The third-order valence-electron chi connectivity index (χ3n) is 3.94. The smallest absolute Gasteiger partial charge is 0.269 e. The lowest BCUT2D eigenvalue weighted by Crippen LogP contribution is -2.31. The fraction of sp³-hybridized carbons (Fsp3) is 0. The van der Waals surface area contributed by atoms with Gasteiger partial charge in [-0.2, -0.15) is 0 Å². The number of nitro groups is 1. The monoisotopic (exact) mass is 412 g/mol. The quantitative estimate of drug-likeness (QED) is 0.192. The molecule has 3 aromatic carbocycles. The molecule has 0 radical (unpaired) electrons. The van der Waals surface area contributed by atoms with Crippen molar-refractivity contribution in [3.8, 4) is 11.5 Å². The molecule has 0 heterocycles. The van der Waals surface area contributed by atoms with Crippen LogP contribution < -0.4 is 15.8 Å². The van der Waals surface area contributed by atoms with E-state index in [1.807, 2.05) is 0 Å². The third kappa shape index (κ3) is 4.73. The number of nitro benzene ring substituents is 1. The lowest BCUT2D eigenvalue weighted by Gasteiger charge is -2.12. The van der Waals surface area contributed by atoms with Gasteiger partial charge in [-0.25, -0.2) is 8.78 Å². The molecule has 0 aromatic heterocycles. The summed E-state index contributed by atoms with van der Waals surface area (Å²) in [6, 6.07) is 11.7. The summed E-state index contributed by atoms with van der Waals surface area (Å²) in [6.07, 6.45) is 0. The SMILES string of the molecule is N=C(NC(=O)c1ccc([N+](=O)[O-])cc1)c1cc(Oc2cc(F)cc(F)c2)ccc1N. The maximum Gasteiger partial charge on any atom is 0.269 e. The van der Waals surface area contributed by atoms with E-state index in [1.165, 1.54) is 42.5 Å². The summed E-state index contributed by atoms with van der Waals surface area (Å²) in [5, 5.41) is 21.1. The summed E-state index contributed by atoms with van der Waals surface area (Å²) in [6.45, 7) is 0. The van der Waals surface area contributed by atoms with Crippen molar-refractivity contribution in [1.29, 1.82) is 5.41 Å². The van der Waals surface area contributed by atoms with E-state index in [-0.39, 0.29) is 39.8 Å². The predicted octanol–water partition coefficient (Wildman–Crippen LogP) is 4.00. The van der Waals surface area contributed by atoms with Crippen LogP contribution in [0.2, 0.25) is 0 Å². The van der Waals surface area contributed by atoms with E-state index >= 15 is 0 Å². The van der Waals surface area contributed by atoms with Crippen LogP contribution >= 0.6 is 0 Å². The lowest BCUT2D eigenvalue weighted by atomic mass is 10.1. The topological polar surface area (TPSA) is 131 Å². The number of hydrogen-bond donors (Lipinski definition) is 3. The predicted molar refractivity (Wildman–Crippen MR) is 105 cm³/mol. The number of nitrogen functional groups attached to an aromatic ring is 1. The van der Waals surface area contributed by atoms with Gasteiger partial charge in [-0.05, 0) is 30.3 Å². The number of nitrogens with two attached hydrogens (primary N) is 1. The van der Waals surface area contributed by atoms with Crippen molar-refractivity contribution in [2.24, 2.45) is 0 Å². The molecule has 0 aliphatic rings. The molecule has 0 saturated carbocycles. The highest BCUT2D eigenvalue weighted by atomic mass is 19.1. The average Bonchev–Trinajstić information content (AvgIpc) is 2.68. The Balaban J connectivity index is 1.77. The molecule has 3 aromatic rings. The average molecular weight is 412 g/mol. The number of carbonyl (C=O) groups is 1. The Hall–Kier alpha value is -4.34. The number of rotatable bonds is 5. The number of amidine groups is 1. The standard InChI is InChI=1S/C20H14F2N4O4/c21-12-7-13(22)9-16(8-12)30-15-5-6-18(23)17(10-15)19(24)25-20(27)11-1-3-14(4-2-11)26(28)29/h1-10H,23H2,(H2,24,25,27).